The zero-order valence-electron chi connectivity index (χ0n) is 12.2. The van der Waals surface area contributed by atoms with Crippen molar-refractivity contribution >= 4 is 0 Å². The highest BCUT2D eigenvalue weighted by Crippen LogP contribution is 2.33. The first-order valence-corrected chi connectivity index (χ1v) is 6.98. The lowest BCUT2D eigenvalue weighted by Gasteiger charge is -2.17. The number of rotatable bonds is 8. The van der Waals surface area contributed by atoms with Crippen molar-refractivity contribution in [3.63, 3.8) is 0 Å². The lowest BCUT2D eigenvalue weighted by molar-refractivity contribution is 0.354. The molecule has 2 heteroatoms. The molecule has 0 aliphatic rings. The second-order valence-corrected chi connectivity index (χ2v) is 4.72. The monoisotopic (exact) mass is 250 g/mol. The minimum atomic E-state index is 0.636. The van der Waals surface area contributed by atoms with Crippen molar-refractivity contribution in [2.75, 3.05) is 14.2 Å². The van der Waals surface area contributed by atoms with Gasteiger partial charge in [0, 0.05) is 0 Å². The number of unbranched alkanes of at least 4 members (excludes halogenated alkanes) is 2. The summed E-state index contributed by atoms with van der Waals surface area (Å²) < 4.78 is 10.7. The average Bonchev–Trinajstić information content (AvgIpc) is 2.43. The average molecular weight is 250 g/mol. The highest BCUT2D eigenvalue weighted by molar-refractivity contribution is 5.43. The van der Waals surface area contributed by atoms with Crippen LogP contribution in [-0.4, -0.2) is 14.2 Å². The fourth-order valence-electron chi connectivity index (χ4n) is 2.35. The topological polar surface area (TPSA) is 18.5 Å². The molecule has 0 N–H and O–H groups in total. The fourth-order valence-corrected chi connectivity index (χ4v) is 2.35. The quantitative estimate of drug-likeness (QED) is 0.618. The van der Waals surface area contributed by atoms with E-state index in [1.54, 1.807) is 14.2 Å². The Bertz CT molecular complexity index is 347. The Hall–Kier alpha value is -1.18. The van der Waals surface area contributed by atoms with Gasteiger partial charge < -0.3 is 9.47 Å². The molecule has 1 unspecified atom stereocenters. The molecular weight excluding hydrogens is 224 g/mol. The third kappa shape index (κ3) is 3.94. The molecule has 0 aliphatic heterocycles. The molecule has 0 spiro atoms. The highest BCUT2D eigenvalue weighted by atomic mass is 16.5. The lowest BCUT2D eigenvalue weighted by atomic mass is 9.91. The van der Waals surface area contributed by atoms with Gasteiger partial charge in [-0.15, -0.1) is 0 Å². The molecule has 0 saturated carbocycles. The van der Waals surface area contributed by atoms with E-state index in [1.807, 2.05) is 6.07 Å². The van der Waals surface area contributed by atoms with E-state index in [0.717, 1.165) is 11.5 Å². The van der Waals surface area contributed by atoms with Crippen LogP contribution in [0.2, 0.25) is 0 Å². The van der Waals surface area contributed by atoms with Gasteiger partial charge in [0.2, 0.25) is 0 Å². The molecule has 0 fully saturated rings. The summed E-state index contributed by atoms with van der Waals surface area (Å²) >= 11 is 0. The third-order valence-electron chi connectivity index (χ3n) is 3.53. The molecule has 0 aromatic heterocycles. The van der Waals surface area contributed by atoms with Gasteiger partial charge in [-0.25, -0.2) is 0 Å². The number of hydrogen-bond acceptors (Lipinski definition) is 2. The maximum absolute atomic E-state index is 5.37. The maximum Gasteiger partial charge on any atom is 0.160 e. The van der Waals surface area contributed by atoms with E-state index in [-0.39, 0.29) is 0 Å². The van der Waals surface area contributed by atoms with Gasteiger partial charge in [-0.2, -0.15) is 0 Å². The molecule has 1 atom stereocenters. The molecule has 1 aromatic carbocycles. The van der Waals surface area contributed by atoms with Gasteiger partial charge in [-0.05, 0) is 36.5 Å². The van der Waals surface area contributed by atoms with Crippen LogP contribution in [0.3, 0.4) is 0 Å². The van der Waals surface area contributed by atoms with Crippen molar-refractivity contribution in [1.29, 1.82) is 0 Å². The first-order valence-electron chi connectivity index (χ1n) is 6.98. The molecule has 0 bridgehead atoms. The predicted octanol–water partition coefficient (Wildman–Crippen LogP) is 4.78. The van der Waals surface area contributed by atoms with E-state index >= 15 is 0 Å². The summed E-state index contributed by atoms with van der Waals surface area (Å²) in [6.45, 7) is 4.50. The van der Waals surface area contributed by atoms with E-state index in [9.17, 15) is 0 Å². The zero-order chi connectivity index (χ0) is 13.4. The summed E-state index contributed by atoms with van der Waals surface area (Å²) in [4.78, 5) is 0. The number of methoxy groups -OCH3 is 2. The Morgan fingerprint density at radius 3 is 2.28 bits per heavy atom. The second-order valence-electron chi connectivity index (χ2n) is 4.72. The molecule has 0 saturated heterocycles. The van der Waals surface area contributed by atoms with Crippen molar-refractivity contribution in [2.24, 2.45) is 0 Å². The smallest absolute Gasteiger partial charge is 0.160 e. The molecular formula is C16H26O2. The molecule has 1 rings (SSSR count). The Kier molecular flexibility index (Phi) is 6.63. The van der Waals surface area contributed by atoms with Gasteiger partial charge in [-0.3, -0.25) is 0 Å². The third-order valence-corrected chi connectivity index (χ3v) is 3.53. The summed E-state index contributed by atoms with van der Waals surface area (Å²) in [6.07, 6.45) is 6.36. The van der Waals surface area contributed by atoms with Crippen molar-refractivity contribution in [1.82, 2.24) is 0 Å². The van der Waals surface area contributed by atoms with Crippen LogP contribution in [0.4, 0.5) is 0 Å². The standard InChI is InChI=1S/C16H26O2/c1-5-7-8-9-13(6-2)14-10-11-15(17-3)16(12-14)18-4/h10-13H,5-9H2,1-4H3. The van der Waals surface area contributed by atoms with Crippen molar-refractivity contribution in [2.45, 2.75) is 51.9 Å². The fraction of sp³-hybridized carbons (Fsp3) is 0.625. The van der Waals surface area contributed by atoms with Crippen molar-refractivity contribution in [3.8, 4) is 11.5 Å². The Balaban J connectivity index is 2.79. The minimum absolute atomic E-state index is 0.636. The van der Waals surface area contributed by atoms with Crippen molar-refractivity contribution in [3.05, 3.63) is 23.8 Å². The van der Waals surface area contributed by atoms with Gasteiger partial charge >= 0.3 is 0 Å². The van der Waals surface area contributed by atoms with E-state index in [0.29, 0.717) is 5.92 Å². The Morgan fingerprint density at radius 2 is 1.72 bits per heavy atom. The molecule has 2 nitrogen and oxygen atoms in total. The van der Waals surface area contributed by atoms with Crippen molar-refractivity contribution < 1.29 is 9.47 Å². The van der Waals surface area contributed by atoms with E-state index in [1.165, 1.54) is 37.7 Å². The molecule has 0 heterocycles. The lowest BCUT2D eigenvalue weighted by Crippen LogP contribution is -1.99. The van der Waals surface area contributed by atoms with Crippen LogP contribution in [0.25, 0.3) is 0 Å². The van der Waals surface area contributed by atoms with Crippen LogP contribution in [0.15, 0.2) is 18.2 Å². The molecule has 102 valence electrons. The maximum atomic E-state index is 5.37. The van der Waals surface area contributed by atoms with E-state index < -0.39 is 0 Å². The van der Waals surface area contributed by atoms with Crippen LogP contribution in [0.5, 0.6) is 11.5 Å². The zero-order valence-corrected chi connectivity index (χ0v) is 12.2. The summed E-state index contributed by atoms with van der Waals surface area (Å²) in [5.74, 6) is 2.28. The number of benzene rings is 1. The van der Waals surface area contributed by atoms with Gasteiger partial charge in [-0.1, -0.05) is 39.2 Å². The van der Waals surface area contributed by atoms with Crippen LogP contribution in [0, 0.1) is 0 Å². The van der Waals surface area contributed by atoms with Crippen LogP contribution in [0.1, 0.15) is 57.4 Å². The first-order chi connectivity index (χ1) is 8.76. The minimum Gasteiger partial charge on any atom is -0.493 e. The molecule has 1 aromatic rings. The highest BCUT2D eigenvalue weighted by Gasteiger charge is 2.12. The molecule has 0 amide bonds. The van der Waals surface area contributed by atoms with Crippen LogP contribution in [-0.2, 0) is 0 Å². The van der Waals surface area contributed by atoms with Gasteiger partial charge in [0.1, 0.15) is 0 Å². The summed E-state index contributed by atoms with van der Waals surface area (Å²) in [5.41, 5.74) is 1.37. The molecule has 0 aliphatic carbocycles. The SMILES string of the molecule is CCCCCC(CC)c1ccc(OC)c(OC)c1. The van der Waals surface area contributed by atoms with Gasteiger partial charge in [0.25, 0.3) is 0 Å². The van der Waals surface area contributed by atoms with Gasteiger partial charge in [0.05, 0.1) is 14.2 Å². The molecule has 0 radical (unpaired) electrons. The Morgan fingerprint density at radius 1 is 1.00 bits per heavy atom. The summed E-state index contributed by atoms with van der Waals surface area (Å²) in [5, 5.41) is 0. The van der Waals surface area contributed by atoms with E-state index in [4.69, 9.17) is 9.47 Å². The second kappa shape index (κ2) is 8.02. The summed E-state index contributed by atoms with van der Waals surface area (Å²) in [7, 11) is 3.37. The number of hydrogen-bond donors (Lipinski definition) is 0. The normalized spacial score (nSPS) is 12.2. The largest absolute Gasteiger partial charge is 0.493 e. The van der Waals surface area contributed by atoms with E-state index in [2.05, 4.69) is 26.0 Å². The number of ether oxygens (including phenoxy) is 2. The van der Waals surface area contributed by atoms with Crippen LogP contribution >= 0.6 is 0 Å². The Labute approximate surface area is 111 Å². The summed E-state index contributed by atoms with van der Waals surface area (Å²) in [6, 6.07) is 6.30. The van der Waals surface area contributed by atoms with Gasteiger partial charge in [0.15, 0.2) is 11.5 Å². The first kappa shape index (κ1) is 14.9. The van der Waals surface area contributed by atoms with Crippen LogP contribution < -0.4 is 9.47 Å². The predicted molar refractivity (Wildman–Crippen MR) is 76.7 cm³/mol. The molecule has 18 heavy (non-hydrogen) atoms.